The maximum Gasteiger partial charge on any atom is 0.303 e. The molecule has 0 heterocycles. The molecule has 0 rings (SSSR count). The molecule has 5 nitrogen and oxygen atoms in total. The van der Waals surface area contributed by atoms with Crippen molar-refractivity contribution in [3.8, 4) is 0 Å². The van der Waals surface area contributed by atoms with Crippen LogP contribution in [0.4, 0.5) is 0 Å². The summed E-state index contributed by atoms with van der Waals surface area (Å²) in [5, 5.41) is 20.7. The van der Waals surface area contributed by atoms with Crippen LogP contribution in [0.25, 0.3) is 0 Å². The van der Waals surface area contributed by atoms with Crippen molar-refractivity contribution in [3.05, 3.63) is 36.1 Å². The zero-order valence-electron chi connectivity index (χ0n) is 14.1. The lowest BCUT2D eigenvalue weighted by Crippen LogP contribution is -1.94. The smallest absolute Gasteiger partial charge is 0.303 e. The fourth-order valence-electron chi connectivity index (χ4n) is 2.06. The van der Waals surface area contributed by atoms with Crippen molar-refractivity contribution in [2.75, 3.05) is 0 Å². The summed E-state index contributed by atoms with van der Waals surface area (Å²) in [4.78, 5) is 15.1. The van der Waals surface area contributed by atoms with E-state index in [9.17, 15) is 4.79 Å². The lowest BCUT2D eigenvalue weighted by atomic mass is 10.1. The Labute approximate surface area is 139 Å². The van der Waals surface area contributed by atoms with Crippen LogP contribution < -0.4 is 0 Å². The van der Waals surface area contributed by atoms with E-state index in [4.69, 9.17) is 15.3 Å². The third-order valence-electron chi connectivity index (χ3n) is 3.28. The van der Waals surface area contributed by atoms with E-state index in [-0.39, 0.29) is 6.42 Å². The van der Waals surface area contributed by atoms with E-state index in [1.807, 2.05) is 12.2 Å². The van der Waals surface area contributed by atoms with Gasteiger partial charge in [0.05, 0.1) is 0 Å². The van der Waals surface area contributed by atoms with Crippen LogP contribution >= 0.6 is 0 Å². The van der Waals surface area contributed by atoms with Crippen LogP contribution in [0.2, 0.25) is 0 Å². The summed E-state index contributed by atoms with van der Waals surface area (Å²) in [6.07, 6.45) is 18.5. The van der Waals surface area contributed by atoms with Crippen LogP contribution in [0, 0.1) is 0 Å². The molecule has 0 aliphatic carbocycles. The molecule has 0 aromatic rings. The van der Waals surface area contributed by atoms with Gasteiger partial charge in [-0.15, -0.1) is 0 Å². The number of hydrogen-bond acceptors (Lipinski definition) is 4. The normalized spacial score (nSPS) is 12.3. The minimum atomic E-state index is -0.734. The summed E-state index contributed by atoms with van der Waals surface area (Å²) in [5.74, 6) is -0.117. The first-order chi connectivity index (χ1) is 11.2. The second-order valence-electron chi connectivity index (χ2n) is 5.31. The third-order valence-corrected chi connectivity index (χ3v) is 3.28. The first-order valence-corrected chi connectivity index (χ1v) is 8.39. The van der Waals surface area contributed by atoms with Gasteiger partial charge in [-0.2, -0.15) is 0 Å². The Morgan fingerprint density at radius 1 is 0.913 bits per heavy atom. The van der Waals surface area contributed by atoms with Crippen LogP contribution in [0.1, 0.15) is 71.1 Å². The second kappa shape index (κ2) is 16.8. The Balaban J connectivity index is 3.81. The average molecular weight is 326 g/mol. The number of carbonyl (C=O) groups is 1. The highest BCUT2D eigenvalue weighted by Crippen LogP contribution is 2.14. The fourth-order valence-corrected chi connectivity index (χ4v) is 2.06. The highest BCUT2D eigenvalue weighted by atomic mass is 17.5. The van der Waals surface area contributed by atoms with Gasteiger partial charge in [0.15, 0.2) is 0 Å². The third kappa shape index (κ3) is 16.6. The number of carboxylic acid groups (broad SMARTS) is 1. The Kier molecular flexibility index (Phi) is 15.6. The molecule has 0 saturated heterocycles. The van der Waals surface area contributed by atoms with E-state index in [2.05, 4.69) is 30.2 Å². The monoisotopic (exact) mass is 326 g/mol. The topological polar surface area (TPSA) is 76.0 Å². The molecule has 0 aromatic carbocycles. The molecule has 132 valence electrons. The Hall–Kier alpha value is -1.59. The molecule has 0 aromatic heterocycles. The Morgan fingerprint density at radius 2 is 1.52 bits per heavy atom. The standard InChI is InChI=1S/C18H30O5/c1-2-3-4-5-6-8-11-14-17(22-23-21)15-12-9-7-10-13-16-18(19)20/h3-4,6,8,14,21H,2,5,7,9-13,15-16H2,1H3,(H,19,20)/b4-3-,8-6-,17-14-. The highest BCUT2D eigenvalue weighted by molar-refractivity contribution is 5.66. The van der Waals surface area contributed by atoms with Crippen molar-refractivity contribution in [1.29, 1.82) is 0 Å². The molecular weight excluding hydrogens is 296 g/mol. The fraction of sp³-hybridized carbons (Fsp3) is 0.611. The zero-order chi connectivity index (χ0) is 17.2. The van der Waals surface area contributed by atoms with Gasteiger partial charge in [0, 0.05) is 12.8 Å². The average Bonchev–Trinajstić information content (AvgIpc) is 2.52. The summed E-state index contributed by atoms with van der Waals surface area (Å²) >= 11 is 0. The van der Waals surface area contributed by atoms with Gasteiger partial charge in [-0.25, -0.2) is 5.26 Å². The van der Waals surface area contributed by atoms with E-state index < -0.39 is 5.97 Å². The van der Waals surface area contributed by atoms with Crippen molar-refractivity contribution in [2.24, 2.45) is 0 Å². The molecule has 23 heavy (non-hydrogen) atoms. The highest BCUT2D eigenvalue weighted by Gasteiger charge is 2.01. The largest absolute Gasteiger partial charge is 0.481 e. The van der Waals surface area contributed by atoms with Crippen LogP contribution in [0.5, 0.6) is 0 Å². The molecule has 0 radical (unpaired) electrons. The van der Waals surface area contributed by atoms with E-state index in [1.54, 1.807) is 0 Å². The van der Waals surface area contributed by atoms with Gasteiger partial charge in [-0.05, 0) is 43.2 Å². The van der Waals surface area contributed by atoms with Crippen molar-refractivity contribution in [2.45, 2.75) is 71.1 Å². The maximum atomic E-state index is 10.4. The molecule has 0 atom stereocenters. The number of allylic oxidation sites excluding steroid dienone is 6. The van der Waals surface area contributed by atoms with Gasteiger partial charge in [0.25, 0.3) is 0 Å². The molecule has 5 heteroatoms. The molecule has 0 aliphatic rings. The number of aliphatic carboxylic acids is 1. The molecule has 0 bridgehead atoms. The first-order valence-electron chi connectivity index (χ1n) is 8.39. The van der Waals surface area contributed by atoms with Crippen molar-refractivity contribution in [1.82, 2.24) is 0 Å². The number of rotatable bonds is 15. The molecule has 0 saturated carbocycles. The number of hydrogen-bond donors (Lipinski definition) is 2. The van der Waals surface area contributed by atoms with Gasteiger partial charge >= 0.3 is 5.97 Å². The van der Waals surface area contributed by atoms with E-state index in [0.717, 1.165) is 51.4 Å². The van der Waals surface area contributed by atoms with Gasteiger partial charge < -0.3 is 9.99 Å². The second-order valence-corrected chi connectivity index (χ2v) is 5.31. The molecule has 0 spiro atoms. The quantitative estimate of drug-likeness (QED) is 0.138. The lowest BCUT2D eigenvalue weighted by Gasteiger charge is -2.05. The number of unbranched alkanes of at least 4 members (excludes halogenated alkanes) is 4. The number of carboxylic acids is 1. The summed E-state index contributed by atoms with van der Waals surface area (Å²) < 4.78 is 0. The summed E-state index contributed by atoms with van der Waals surface area (Å²) in [5.41, 5.74) is 0. The van der Waals surface area contributed by atoms with Crippen LogP contribution in [-0.4, -0.2) is 16.3 Å². The summed E-state index contributed by atoms with van der Waals surface area (Å²) in [7, 11) is 0. The molecular formula is C18H30O5. The van der Waals surface area contributed by atoms with Gasteiger partial charge in [0.1, 0.15) is 5.76 Å². The molecule has 0 amide bonds. The predicted molar refractivity (Wildman–Crippen MR) is 90.6 cm³/mol. The minimum absolute atomic E-state index is 0.242. The molecule has 2 N–H and O–H groups in total. The van der Waals surface area contributed by atoms with Crippen molar-refractivity contribution >= 4 is 5.97 Å². The predicted octanol–water partition coefficient (Wildman–Crippen LogP) is 5.41. The van der Waals surface area contributed by atoms with E-state index in [1.165, 1.54) is 0 Å². The van der Waals surface area contributed by atoms with E-state index in [0.29, 0.717) is 12.2 Å². The maximum absolute atomic E-state index is 10.4. The molecule has 0 fully saturated rings. The van der Waals surface area contributed by atoms with Crippen LogP contribution in [-0.2, 0) is 14.7 Å². The Morgan fingerprint density at radius 3 is 2.17 bits per heavy atom. The lowest BCUT2D eigenvalue weighted by molar-refractivity contribution is -0.473. The summed E-state index contributed by atoms with van der Waals surface area (Å²) in [6.45, 7) is 2.10. The molecule has 0 unspecified atom stereocenters. The van der Waals surface area contributed by atoms with Crippen molar-refractivity contribution < 1.29 is 25.1 Å². The van der Waals surface area contributed by atoms with Gasteiger partial charge in [0.2, 0.25) is 0 Å². The van der Waals surface area contributed by atoms with E-state index >= 15 is 0 Å². The first kappa shape index (κ1) is 21.4. The molecule has 0 aliphatic heterocycles. The van der Waals surface area contributed by atoms with Crippen molar-refractivity contribution in [3.63, 3.8) is 0 Å². The minimum Gasteiger partial charge on any atom is -0.481 e. The van der Waals surface area contributed by atoms with Crippen LogP contribution in [0.15, 0.2) is 36.1 Å². The van der Waals surface area contributed by atoms with Crippen LogP contribution in [0.3, 0.4) is 0 Å². The SMILES string of the molecule is CC/C=C\C/C=C\C/C=C(/CCCCCCCC(=O)O)OOO. The summed E-state index contributed by atoms with van der Waals surface area (Å²) in [6, 6.07) is 0. The zero-order valence-corrected chi connectivity index (χ0v) is 14.1. The van der Waals surface area contributed by atoms with Gasteiger partial charge in [-0.1, -0.05) is 50.5 Å². The Bertz CT molecular complexity index is 372. The van der Waals surface area contributed by atoms with Gasteiger partial charge in [-0.3, -0.25) is 4.79 Å².